The number of piperidine rings is 5. The number of nitrogens with zero attached hydrogens (tertiary/aromatic N) is 5. The summed E-state index contributed by atoms with van der Waals surface area (Å²) in [4.78, 5) is 10.8. The monoisotopic (exact) mass is 1570 g/mol. The molecule has 0 bridgehead atoms. The quantitative estimate of drug-likeness (QED) is 0.114. The van der Waals surface area contributed by atoms with E-state index in [1.807, 2.05) is 46.4 Å². The van der Waals surface area contributed by atoms with Crippen molar-refractivity contribution >= 4 is 0 Å². The number of nitrogens with two attached hydrogens (primary N) is 8. The van der Waals surface area contributed by atoms with Gasteiger partial charge in [-0.15, -0.1) is 0 Å². The molecule has 5 aliphatic carbocycles. The van der Waals surface area contributed by atoms with Gasteiger partial charge < -0.3 is 66.3 Å². The van der Waals surface area contributed by atoms with Crippen LogP contribution in [-0.4, -0.2) is 223 Å². The lowest BCUT2D eigenvalue weighted by Crippen LogP contribution is -2.63. The summed E-state index contributed by atoms with van der Waals surface area (Å²) >= 11 is 0. The molecule has 10 fully saturated rings. The number of hydrogen-bond acceptors (Lipinski definition) is 17. The molecule has 0 radical (unpaired) electrons. The highest BCUT2D eigenvalue weighted by Gasteiger charge is 2.52. The lowest BCUT2D eigenvalue weighted by atomic mass is 9.67. The first kappa shape index (κ1) is 102. The van der Waals surface area contributed by atoms with E-state index in [0.29, 0.717) is 64.2 Å². The largest absolute Gasteiger partial charge is 0.395 e. The number of halogens is 6. The fourth-order valence-corrected chi connectivity index (χ4v) is 17.6. The summed E-state index contributed by atoms with van der Waals surface area (Å²) in [6.07, 6.45) is 6.97. The minimum Gasteiger partial charge on any atom is -0.391 e. The molecule has 0 spiro atoms. The van der Waals surface area contributed by atoms with Crippen LogP contribution in [0.2, 0.25) is 0 Å². The molecule has 0 aromatic heterocycles. The van der Waals surface area contributed by atoms with Gasteiger partial charge in [0.1, 0.15) is 0 Å². The Balaban J connectivity index is 0.000000324. The molecule has 5 aliphatic heterocycles. The predicted molar refractivity (Wildman–Crippen MR) is 443 cm³/mol. The smallest absolute Gasteiger partial charge is 0.391 e. The Bertz CT molecular complexity index is 2450. The van der Waals surface area contributed by atoms with Gasteiger partial charge in [-0.25, -0.2) is 0 Å². The number of hydrogen-bond donors (Lipinski definition) is 12. The highest BCUT2D eigenvalue weighted by molar-refractivity contribution is 5.01. The van der Waals surface area contributed by atoms with Crippen LogP contribution in [0.1, 0.15) is 283 Å². The second-order valence-corrected chi connectivity index (χ2v) is 44.6. The second-order valence-electron chi connectivity index (χ2n) is 44.6. The molecule has 650 valence electrons. The highest BCUT2D eigenvalue weighted by Crippen LogP contribution is 2.46. The Kier molecular flexibility index (Phi) is 38.4. The zero-order chi connectivity index (χ0) is 84.4. The summed E-state index contributed by atoms with van der Waals surface area (Å²) in [6, 6.07) is -0.0525. The summed E-state index contributed by atoms with van der Waals surface area (Å²) in [5.41, 5.74) is 48.3. The average molecular weight is 1570 g/mol. The number of likely N-dealkylation sites (tertiary alicyclic amines) is 5. The van der Waals surface area contributed by atoms with Gasteiger partial charge in [0.15, 0.2) is 0 Å². The molecule has 109 heavy (non-hydrogen) atoms. The van der Waals surface area contributed by atoms with E-state index in [-0.39, 0.29) is 96.6 Å². The minimum atomic E-state index is -4.40. The zero-order valence-corrected chi connectivity index (χ0v) is 74.4. The van der Waals surface area contributed by atoms with Crippen molar-refractivity contribution < 1.29 is 46.8 Å². The van der Waals surface area contributed by atoms with Gasteiger partial charge in [-0.05, 0) is 263 Å². The Labute approximate surface area is 662 Å². The SMILES string of the molecule is CC(C)(C)C1CCC[C@H](N)C1.CC(C)(C)N1C[C@@H](N)C[C@@H](C(F)(F)F)C1.CC(C)(C)N1C[C@@H](N)C[C@@H](C2CC2)C1.CC(C)(C)N1C[C@@H](N)[C@H](O)[C@@H](C(F)(F)F)C1.CC(C)(C)N1C[C@@H](N)[C@H](O)[C@@H](C2CC2)C1.C[C@H]1CC(C(C)(C)C)C[C@@H](N)C1.C[C@H]1CC(C(C)(C)C)C[C@@H](N)[C@@H]1O.C[C@H]1CN(C(C)(C)C)C[C@@H](N)[C@@H]1O. The second kappa shape index (κ2) is 41.0. The Morgan fingerprint density at radius 2 is 0.651 bits per heavy atom. The van der Waals surface area contributed by atoms with Gasteiger partial charge in [-0.2, -0.15) is 26.3 Å². The average Bonchev–Trinajstić information content (AvgIpc) is 1.38. The third kappa shape index (κ3) is 35.2. The van der Waals surface area contributed by atoms with E-state index in [2.05, 4.69) is 160 Å². The summed E-state index contributed by atoms with van der Waals surface area (Å²) in [7, 11) is 0. The van der Waals surface area contributed by atoms with Gasteiger partial charge in [0.2, 0.25) is 0 Å². The van der Waals surface area contributed by atoms with Crippen molar-refractivity contribution in [3.8, 4) is 0 Å². The van der Waals surface area contributed by atoms with E-state index < -0.39 is 36.3 Å². The maximum Gasteiger partial charge on any atom is 0.395 e. The van der Waals surface area contributed by atoms with Crippen molar-refractivity contribution in [1.29, 1.82) is 0 Å². The first-order valence-corrected chi connectivity index (χ1v) is 42.7. The number of aliphatic hydroxyl groups excluding tert-OH is 4. The fourth-order valence-electron chi connectivity index (χ4n) is 17.6. The Hall–Kier alpha value is -1.10. The molecule has 0 aromatic carbocycles. The van der Waals surface area contributed by atoms with Crippen molar-refractivity contribution in [1.82, 2.24) is 24.5 Å². The third-order valence-electron chi connectivity index (χ3n) is 26.1. The van der Waals surface area contributed by atoms with Gasteiger partial charge in [-0.3, -0.25) is 24.5 Å². The van der Waals surface area contributed by atoms with Gasteiger partial charge in [-0.1, -0.05) is 89.5 Å². The van der Waals surface area contributed by atoms with E-state index >= 15 is 0 Å². The molecule has 0 amide bonds. The van der Waals surface area contributed by atoms with Gasteiger partial charge >= 0.3 is 12.4 Å². The number of rotatable bonds is 2. The van der Waals surface area contributed by atoms with Crippen LogP contribution < -0.4 is 45.9 Å². The first-order chi connectivity index (χ1) is 49.0. The molecular weight excluding hydrogens is 1390 g/mol. The molecule has 23 heteroatoms. The van der Waals surface area contributed by atoms with E-state index in [0.717, 1.165) is 81.1 Å². The maximum absolute atomic E-state index is 12.7. The third-order valence-corrected chi connectivity index (χ3v) is 26.1. The molecule has 22 atom stereocenters. The van der Waals surface area contributed by atoms with Crippen LogP contribution in [0.5, 0.6) is 0 Å². The van der Waals surface area contributed by atoms with E-state index in [1.165, 1.54) is 83.6 Å². The number of aliphatic hydroxyl groups is 4. The predicted octanol–water partition coefficient (Wildman–Crippen LogP) is 13.2. The Morgan fingerprint density at radius 3 is 1.04 bits per heavy atom. The topological polar surface area (TPSA) is 305 Å². The van der Waals surface area contributed by atoms with Crippen LogP contribution in [0.4, 0.5) is 26.3 Å². The standard InChI is InChI=1S/C12H24N2O.C12H24N2.C11H23NO.C11H23N.C10H19F3N2O.C10H19F3N2.C10H22N2O.C10H21N/c1-12(2,3)14-6-9(8-4-5-8)11(15)10(13)7-14;1-12(2,3)14-7-10(9-4-5-9)6-11(13)8-14;1-7-5-8(11(2,3)4)6-9(12)10(7)13;1-8-5-9(11(2,3)4)7-10(12)6-8;1-9(2,3)15-4-6(10(11,12)13)8(16)7(14)5-15;1-9(2,3)15-5-7(10(11,12)13)4-8(14)6-15;1-7-5-12(10(2,3)4)6-8(11)9(7)13;1-10(2,3)8-5-4-6-9(11)7-8/h8-11,15H,4-7,13H2,1-3H3;9-11H,4-8,13H2,1-3H3;7-10,13H,5-6,12H2,1-4H3;8-10H,5-7,12H2,1-4H3;6-8,16H,4-5,14H2,1-3H3;7-8H,4-6,14H2,1-3H3;7-9,13H,5-6,11H2,1-4H3;8-9H,4-7,11H2,1-3H3/t9-,10-,11-;10-,11+;7-,8?,9+,10+;8-,9?,10-;6-,7+,8+;7-,8+;7-,8+,9+;8?,9-/m11000100/s1. The lowest BCUT2D eigenvalue weighted by molar-refractivity contribution is -0.220. The molecule has 3 unspecified atom stereocenters. The highest BCUT2D eigenvalue weighted by atomic mass is 19.4. The molecule has 5 saturated heterocycles. The molecule has 20 N–H and O–H groups in total. The molecular formula is C86H175F6N13O4. The normalized spacial score (nSPS) is 36.4. The van der Waals surface area contributed by atoms with Gasteiger partial charge in [0.25, 0.3) is 0 Å². The van der Waals surface area contributed by atoms with Crippen LogP contribution in [0.15, 0.2) is 0 Å². The summed E-state index contributed by atoms with van der Waals surface area (Å²) < 4.78 is 75.8. The van der Waals surface area contributed by atoms with Crippen molar-refractivity contribution in [2.45, 2.75) is 396 Å². The molecule has 5 saturated carbocycles. The van der Waals surface area contributed by atoms with Crippen molar-refractivity contribution in [2.24, 2.45) is 133 Å². The number of alkyl halides is 6. The van der Waals surface area contributed by atoms with Crippen LogP contribution in [0.3, 0.4) is 0 Å². The molecule has 0 aromatic rings. The van der Waals surface area contributed by atoms with Crippen LogP contribution in [0.25, 0.3) is 0 Å². The van der Waals surface area contributed by atoms with Crippen molar-refractivity contribution in [3.05, 3.63) is 0 Å². The summed E-state index contributed by atoms with van der Waals surface area (Å²) in [6.45, 7) is 65.3. The lowest BCUT2D eigenvalue weighted by Gasteiger charge is -2.46. The molecule has 5 heterocycles. The van der Waals surface area contributed by atoms with E-state index in [4.69, 9.17) is 45.9 Å². The van der Waals surface area contributed by atoms with E-state index in [1.54, 1.807) is 4.90 Å². The van der Waals surface area contributed by atoms with Gasteiger partial charge in [0.05, 0.1) is 36.3 Å². The van der Waals surface area contributed by atoms with Crippen LogP contribution >= 0.6 is 0 Å². The fraction of sp³-hybridized carbons (Fsp3) is 1.00. The zero-order valence-electron chi connectivity index (χ0n) is 74.4. The maximum atomic E-state index is 12.7. The van der Waals surface area contributed by atoms with Crippen LogP contribution in [-0.2, 0) is 0 Å². The molecule has 10 aliphatic rings. The molecule has 10 rings (SSSR count). The van der Waals surface area contributed by atoms with Crippen molar-refractivity contribution in [2.75, 3.05) is 65.4 Å². The van der Waals surface area contributed by atoms with Crippen molar-refractivity contribution in [3.63, 3.8) is 0 Å². The Morgan fingerprint density at radius 1 is 0.275 bits per heavy atom. The summed E-state index contributed by atoms with van der Waals surface area (Å²) in [5, 5.41) is 38.9. The van der Waals surface area contributed by atoms with Crippen LogP contribution in [0, 0.1) is 87.3 Å². The summed E-state index contributed by atoms with van der Waals surface area (Å²) in [5.74, 6) is 3.81. The molecule has 17 nitrogen and oxygen atoms in total. The van der Waals surface area contributed by atoms with E-state index in [9.17, 15) is 46.8 Å². The first-order valence-electron chi connectivity index (χ1n) is 42.7. The minimum absolute atomic E-state index is 0.0204. The van der Waals surface area contributed by atoms with Gasteiger partial charge in [0, 0.05) is 147 Å².